The number of hydrogen-bond acceptors (Lipinski definition) is 7. The zero-order valence-corrected chi connectivity index (χ0v) is 21.2. The molecule has 2 aliphatic heterocycles. The Morgan fingerprint density at radius 2 is 1.78 bits per heavy atom. The summed E-state index contributed by atoms with van der Waals surface area (Å²) in [7, 11) is 0.317. The molecule has 36 heavy (non-hydrogen) atoms. The Kier molecular flexibility index (Phi) is 6.50. The molecule has 10 nitrogen and oxygen atoms in total. The highest BCUT2D eigenvalue weighted by atomic mass is 32.2. The molecule has 0 bridgehead atoms. The van der Waals surface area contributed by atoms with Gasteiger partial charge in [-0.1, -0.05) is 30.3 Å². The van der Waals surface area contributed by atoms with Gasteiger partial charge in [-0.05, 0) is 25.1 Å². The highest BCUT2D eigenvalue weighted by Gasteiger charge is 2.66. The van der Waals surface area contributed by atoms with E-state index in [-0.39, 0.29) is 30.2 Å². The van der Waals surface area contributed by atoms with E-state index in [1.165, 1.54) is 50.4 Å². The van der Waals surface area contributed by atoms with Crippen LogP contribution in [0.3, 0.4) is 0 Å². The largest absolute Gasteiger partial charge is 0.507 e. The van der Waals surface area contributed by atoms with Gasteiger partial charge in [0, 0.05) is 45.4 Å². The highest BCUT2D eigenvalue weighted by Crippen LogP contribution is 2.53. The number of Topliss-reactive ketones (excluding diaryl/α,β-unsaturated/α-hetero) is 1. The lowest BCUT2D eigenvalue weighted by Gasteiger charge is -2.34. The molecule has 2 amide bonds. The number of aliphatic hydroxyl groups excluding tert-OH is 1. The van der Waals surface area contributed by atoms with Crippen molar-refractivity contribution < 1.29 is 32.6 Å². The second-order valence-corrected chi connectivity index (χ2v) is 10.7. The van der Waals surface area contributed by atoms with E-state index in [2.05, 4.69) is 0 Å². The van der Waals surface area contributed by atoms with Gasteiger partial charge in [0.25, 0.3) is 17.6 Å². The first-order chi connectivity index (χ1) is 17.0. The molecule has 11 heteroatoms. The SMILES string of the molecule is CCN1C(=O)C2(C(=C(O)c3cccc(S(=O)(=O)N(C)C)c3)C(=O)C(=O)N2CCOC)c2ccccc21. The summed E-state index contributed by atoms with van der Waals surface area (Å²) in [6.07, 6.45) is 0. The maximum absolute atomic E-state index is 14.0. The fourth-order valence-corrected chi connectivity index (χ4v) is 5.77. The number of likely N-dealkylation sites (N-methyl/N-ethyl adjacent to an activating group) is 1. The van der Waals surface area contributed by atoms with Crippen LogP contribution in [0.15, 0.2) is 59.0 Å². The number of sulfonamides is 1. The van der Waals surface area contributed by atoms with Crippen molar-refractivity contribution in [3.05, 3.63) is 65.2 Å². The van der Waals surface area contributed by atoms with Crippen LogP contribution in [0.1, 0.15) is 18.1 Å². The maximum atomic E-state index is 14.0. The number of nitrogens with zero attached hydrogens (tertiary/aromatic N) is 3. The third-order valence-corrected chi connectivity index (χ3v) is 8.34. The Hall–Kier alpha value is -3.54. The van der Waals surface area contributed by atoms with Crippen LogP contribution < -0.4 is 4.90 Å². The molecule has 0 aliphatic carbocycles. The van der Waals surface area contributed by atoms with Gasteiger partial charge in [-0.2, -0.15) is 0 Å². The minimum Gasteiger partial charge on any atom is -0.507 e. The fraction of sp³-hybridized carbons (Fsp3) is 0.320. The van der Waals surface area contributed by atoms with E-state index >= 15 is 0 Å². The number of anilines is 1. The number of methoxy groups -OCH3 is 1. The second kappa shape index (κ2) is 9.16. The van der Waals surface area contributed by atoms with Gasteiger partial charge in [-0.3, -0.25) is 14.4 Å². The molecular formula is C25H27N3O7S. The first-order valence-electron chi connectivity index (χ1n) is 11.3. The second-order valence-electron chi connectivity index (χ2n) is 8.59. The minimum absolute atomic E-state index is 0.0118. The number of benzene rings is 2. The lowest BCUT2D eigenvalue weighted by Crippen LogP contribution is -2.52. The van der Waals surface area contributed by atoms with Crippen LogP contribution in [0.25, 0.3) is 5.76 Å². The van der Waals surface area contributed by atoms with Gasteiger partial charge in [0.2, 0.25) is 10.0 Å². The van der Waals surface area contributed by atoms with Gasteiger partial charge < -0.3 is 19.6 Å². The smallest absolute Gasteiger partial charge is 0.296 e. The molecular weight excluding hydrogens is 486 g/mol. The van der Waals surface area contributed by atoms with Gasteiger partial charge in [0.05, 0.1) is 22.8 Å². The van der Waals surface area contributed by atoms with Crippen molar-refractivity contribution in [2.75, 3.05) is 45.8 Å². The Morgan fingerprint density at radius 3 is 2.42 bits per heavy atom. The van der Waals surface area contributed by atoms with Gasteiger partial charge in [-0.25, -0.2) is 12.7 Å². The van der Waals surface area contributed by atoms with Crippen LogP contribution >= 0.6 is 0 Å². The van der Waals surface area contributed by atoms with Crippen LogP contribution in [0.4, 0.5) is 5.69 Å². The predicted molar refractivity (Wildman–Crippen MR) is 132 cm³/mol. The topological polar surface area (TPSA) is 125 Å². The van der Waals surface area contributed by atoms with Crippen molar-refractivity contribution in [2.24, 2.45) is 0 Å². The molecule has 0 saturated carbocycles. The number of amides is 2. The quantitative estimate of drug-likeness (QED) is 0.338. The fourth-order valence-electron chi connectivity index (χ4n) is 4.82. The molecule has 2 aromatic rings. The Morgan fingerprint density at radius 1 is 1.08 bits per heavy atom. The first kappa shape index (κ1) is 25.5. The standard InChI is InChI=1S/C25H27N3O7S/c1-5-27-19-12-7-6-11-18(19)25(24(27)32)20(22(30)23(31)28(25)13-14-35-4)21(29)16-9-8-10-17(15-16)36(33,34)26(2)3/h6-12,15,29H,5,13-14H2,1-4H3. The van der Waals surface area contributed by atoms with Crippen molar-refractivity contribution in [2.45, 2.75) is 17.4 Å². The molecule has 1 N–H and O–H groups in total. The van der Waals surface area contributed by atoms with E-state index in [0.29, 0.717) is 11.3 Å². The summed E-state index contributed by atoms with van der Waals surface area (Å²) >= 11 is 0. The predicted octanol–water partition coefficient (Wildman–Crippen LogP) is 1.53. The minimum atomic E-state index is -3.86. The molecule has 190 valence electrons. The van der Waals surface area contributed by atoms with Crippen LogP contribution in [-0.2, 0) is 34.7 Å². The van der Waals surface area contributed by atoms with E-state index < -0.39 is 44.5 Å². The van der Waals surface area contributed by atoms with Crippen molar-refractivity contribution in [1.29, 1.82) is 0 Å². The molecule has 0 radical (unpaired) electrons. The molecule has 1 unspecified atom stereocenters. The lowest BCUT2D eigenvalue weighted by molar-refractivity contribution is -0.144. The van der Waals surface area contributed by atoms with Crippen molar-refractivity contribution in [3.8, 4) is 0 Å². The molecule has 4 rings (SSSR count). The molecule has 1 atom stereocenters. The summed E-state index contributed by atoms with van der Waals surface area (Å²) in [5, 5.41) is 11.5. The van der Waals surface area contributed by atoms with Gasteiger partial charge in [0.1, 0.15) is 5.76 Å². The summed E-state index contributed by atoms with van der Waals surface area (Å²) in [5.74, 6) is -3.18. The van der Waals surface area contributed by atoms with Gasteiger partial charge in [0.15, 0.2) is 5.54 Å². The Balaban J connectivity index is 2.05. The molecule has 1 saturated heterocycles. The molecule has 1 spiro atoms. The van der Waals surface area contributed by atoms with Crippen LogP contribution in [0.2, 0.25) is 0 Å². The summed E-state index contributed by atoms with van der Waals surface area (Å²) in [5.41, 5.74) is -1.44. The molecule has 1 fully saturated rings. The molecule has 2 heterocycles. The average Bonchev–Trinajstić information content (AvgIpc) is 3.24. The summed E-state index contributed by atoms with van der Waals surface area (Å²) in [4.78, 5) is 43.3. The summed E-state index contributed by atoms with van der Waals surface area (Å²) in [6.45, 7) is 2.00. The van der Waals surface area contributed by atoms with Gasteiger partial charge in [-0.15, -0.1) is 0 Å². The number of carbonyl (C=O) groups is 3. The number of ketones is 1. The number of rotatable bonds is 7. The zero-order valence-electron chi connectivity index (χ0n) is 20.4. The zero-order chi connectivity index (χ0) is 26.4. The number of para-hydroxylation sites is 1. The number of likely N-dealkylation sites (tertiary alicyclic amines) is 1. The third-order valence-electron chi connectivity index (χ3n) is 6.53. The van der Waals surface area contributed by atoms with E-state index in [0.717, 1.165) is 9.21 Å². The molecule has 2 aromatic carbocycles. The summed E-state index contributed by atoms with van der Waals surface area (Å²) < 4.78 is 31.5. The average molecular weight is 514 g/mol. The summed E-state index contributed by atoms with van der Waals surface area (Å²) in [6, 6.07) is 12.2. The van der Waals surface area contributed by atoms with Crippen molar-refractivity contribution in [1.82, 2.24) is 9.21 Å². The number of carbonyl (C=O) groups excluding carboxylic acids is 3. The van der Waals surface area contributed by atoms with E-state index in [4.69, 9.17) is 4.74 Å². The van der Waals surface area contributed by atoms with E-state index in [1.807, 2.05) is 0 Å². The van der Waals surface area contributed by atoms with Crippen LogP contribution in [-0.4, -0.2) is 81.2 Å². The Bertz CT molecular complexity index is 1400. The number of fused-ring (bicyclic) bond motifs is 2. The Labute approximate surface area is 209 Å². The normalized spacial score (nSPS) is 21.2. The monoisotopic (exact) mass is 513 g/mol. The van der Waals surface area contributed by atoms with Crippen molar-refractivity contribution >= 4 is 39.1 Å². The lowest BCUT2D eigenvalue weighted by atomic mass is 9.82. The van der Waals surface area contributed by atoms with E-state index in [9.17, 15) is 27.9 Å². The third kappa shape index (κ3) is 3.46. The first-order valence-corrected chi connectivity index (χ1v) is 12.7. The van der Waals surface area contributed by atoms with Gasteiger partial charge >= 0.3 is 0 Å². The number of ether oxygens (including phenoxy) is 1. The molecule has 2 aliphatic rings. The number of hydrogen-bond donors (Lipinski definition) is 1. The maximum Gasteiger partial charge on any atom is 0.296 e. The van der Waals surface area contributed by atoms with Crippen LogP contribution in [0, 0.1) is 0 Å². The molecule has 0 aromatic heterocycles. The van der Waals surface area contributed by atoms with Crippen molar-refractivity contribution in [3.63, 3.8) is 0 Å². The highest BCUT2D eigenvalue weighted by molar-refractivity contribution is 7.89. The van der Waals surface area contributed by atoms with Crippen LogP contribution in [0.5, 0.6) is 0 Å². The number of aliphatic hydroxyl groups is 1. The van der Waals surface area contributed by atoms with E-state index in [1.54, 1.807) is 31.2 Å².